The van der Waals surface area contributed by atoms with Crippen LogP contribution in [0.3, 0.4) is 0 Å². The third-order valence-corrected chi connectivity index (χ3v) is 4.89. The summed E-state index contributed by atoms with van der Waals surface area (Å²) >= 11 is 0. The first-order chi connectivity index (χ1) is 20.4. The Morgan fingerprint density at radius 3 is 1.42 bits per heavy atom. The van der Waals surface area contributed by atoms with E-state index in [0.29, 0.717) is 0 Å². The fourth-order valence-electron chi connectivity index (χ4n) is 2.80. The van der Waals surface area contributed by atoms with E-state index in [-0.39, 0.29) is 67.2 Å². The van der Waals surface area contributed by atoms with Crippen molar-refractivity contribution in [3.05, 3.63) is 72.8 Å². The highest BCUT2D eigenvalue weighted by molar-refractivity contribution is 5.87. The van der Waals surface area contributed by atoms with Crippen molar-refractivity contribution in [1.29, 1.82) is 0 Å². The molecule has 2 atom stereocenters. The van der Waals surface area contributed by atoms with Crippen molar-refractivity contribution >= 4 is 24.1 Å². The quantitative estimate of drug-likeness (QED) is 0.125. The molecule has 2 unspecified atom stereocenters. The van der Waals surface area contributed by atoms with Gasteiger partial charge >= 0.3 is 24.1 Å². The summed E-state index contributed by atoms with van der Waals surface area (Å²) in [6.07, 6.45) is -3.94. The highest BCUT2D eigenvalue weighted by atomic mass is 16.6. The summed E-state index contributed by atoms with van der Waals surface area (Å²) in [5.41, 5.74) is 0.409. The lowest BCUT2D eigenvalue weighted by Crippen LogP contribution is -2.39. The molecule has 2 aromatic rings. The topological polar surface area (TPSA) is 188 Å². The molecule has 0 aliphatic carbocycles. The number of ether oxygens (including phenoxy) is 6. The molecule has 0 aromatic heterocycles. The van der Waals surface area contributed by atoms with Gasteiger partial charge in [-0.1, -0.05) is 25.3 Å². The molecule has 0 saturated carbocycles. The summed E-state index contributed by atoms with van der Waals surface area (Å²) in [5.74, 6) is -0.447. The second-order valence-electron chi connectivity index (χ2n) is 8.95. The molecule has 0 radical (unpaired) electrons. The van der Waals surface area contributed by atoms with Gasteiger partial charge < -0.3 is 49.3 Å². The van der Waals surface area contributed by atoms with Gasteiger partial charge in [0.2, 0.25) is 0 Å². The Labute approximate surface area is 247 Å². The monoisotopic (exact) mass is 602 g/mol. The Kier molecular flexibility index (Phi) is 14.0. The Morgan fingerprint density at radius 1 is 0.674 bits per heavy atom. The number of amides is 2. The van der Waals surface area contributed by atoms with Crippen LogP contribution < -0.4 is 29.6 Å². The molecule has 0 heterocycles. The Bertz CT molecular complexity index is 1200. The highest BCUT2D eigenvalue weighted by Gasteiger charge is 2.13. The van der Waals surface area contributed by atoms with Gasteiger partial charge in [-0.3, -0.25) is 0 Å². The molecule has 0 aliphatic heterocycles. The molecule has 232 valence electrons. The molecule has 0 fully saturated rings. The number of aliphatic hydroxyl groups is 2. The lowest BCUT2D eigenvalue weighted by Gasteiger charge is -2.14. The van der Waals surface area contributed by atoms with Gasteiger partial charge in [0.1, 0.15) is 61.6 Å². The molecule has 0 spiro atoms. The lowest BCUT2D eigenvalue weighted by atomic mass is 10.3. The van der Waals surface area contributed by atoms with E-state index in [1.807, 2.05) is 0 Å². The second-order valence-corrected chi connectivity index (χ2v) is 8.95. The molecule has 2 amide bonds. The maximum atomic E-state index is 12.1. The number of hydrogen-bond acceptors (Lipinski definition) is 12. The molecule has 43 heavy (non-hydrogen) atoms. The van der Waals surface area contributed by atoms with Crippen LogP contribution in [0.25, 0.3) is 0 Å². The largest absolute Gasteiger partial charge is 0.491 e. The number of esters is 2. The van der Waals surface area contributed by atoms with E-state index in [2.05, 4.69) is 23.8 Å². The van der Waals surface area contributed by atoms with E-state index in [9.17, 15) is 29.4 Å². The average molecular weight is 603 g/mol. The van der Waals surface area contributed by atoms with Crippen molar-refractivity contribution in [1.82, 2.24) is 10.6 Å². The van der Waals surface area contributed by atoms with Crippen LogP contribution in [0.1, 0.15) is 13.8 Å². The van der Waals surface area contributed by atoms with E-state index in [4.69, 9.17) is 28.4 Å². The third-order valence-electron chi connectivity index (χ3n) is 4.89. The molecular formula is C29H34N2O12. The van der Waals surface area contributed by atoms with Crippen LogP contribution in [-0.4, -0.2) is 79.6 Å². The molecule has 2 aromatic carbocycles. The molecule has 14 heteroatoms. The van der Waals surface area contributed by atoms with E-state index >= 15 is 0 Å². The van der Waals surface area contributed by atoms with Crippen molar-refractivity contribution in [2.75, 3.05) is 33.1 Å². The summed E-state index contributed by atoms with van der Waals surface area (Å²) in [6, 6.07) is 12.0. The average Bonchev–Trinajstić information content (AvgIpc) is 2.96. The number of carbonyl (C=O) groups excluding carboxylic acids is 4. The molecule has 0 saturated heterocycles. The summed E-state index contributed by atoms with van der Waals surface area (Å²) in [6.45, 7) is 8.61. The van der Waals surface area contributed by atoms with Gasteiger partial charge in [0.05, 0.1) is 6.67 Å². The smallest absolute Gasteiger partial charge is 0.413 e. The molecule has 0 bridgehead atoms. The zero-order chi connectivity index (χ0) is 31.8. The van der Waals surface area contributed by atoms with Crippen LogP contribution in [0, 0.1) is 0 Å². The van der Waals surface area contributed by atoms with Crippen molar-refractivity contribution in [2.45, 2.75) is 26.1 Å². The van der Waals surface area contributed by atoms with Gasteiger partial charge in [-0.25, -0.2) is 19.2 Å². The minimum atomic E-state index is -1.09. The minimum Gasteiger partial charge on any atom is -0.491 e. The summed E-state index contributed by atoms with van der Waals surface area (Å²) in [5, 5.41) is 24.4. The Balaban J connectivity index is 1.70. The van der Waals surface area contributed by atoms with E-state index < -0.39 is 36.3 Å². The molecule has 14 nitrogen and oxygen atoms in total. The molecule has 0 aliphatic rings. The fourth-order valence-corrected chi connectivity index (χ4v) is 2.80. The van der Waals surface area contributed by atoms with E-state index in [0.717, 1.165) is 0 Å². The van der Waals surface area contributed by atoms with Crippen molar-refractivity contribution in [3.63, 3.8) is 0 Å². The predicted octanol–water partition coefficient (Wildman–Crippen LogP) is 2.24. The predicted molar refractivity (Wildman–Crippen MR) is 151 cm³/mol. The normalized spacial score (nSPS) is 11.6. The first-order valence-electron chi connectivity index (χ1n) is 12.8. The minimum absolute atomic E-state index is 0.122. The van der Waals surface area contributed by atoms with Crippen LogP contribution in [0.4, 0.5) is 9.59 Å². The van der Waals surface area contributed by atoms with Crippen LogP contribution in [0.5, 0.6) is 23.0 Å². The maximum absolute atomic E-state index is 12.1. The zero-order valence-corrected chi connectivity index (χ0v) is 23.7. The summed E-state index contributed by atoms with van der Waals surface area (Å²) in [4.78, 5) is 46.9. The van der Waals surface area contributed by atoms with Gasteiger partial charge in [-0.2, -0.15) is 0 Å². The Hall–Kier alpha value is -5.08. The SMILES string of the molecule is C=C(C)C(=O)OCC(O)COc1cccc(OC(=O)NCNC(=O)Oc2cccc(OCC(O)COC(=O)C(=C)C)c2)c1. The molecule has 2 rings (SSSR count). The fraction of sp³-hybridized carbons (Fsp3) is 0.310. The number of aliphatic hydroxyl groups excluding tert-OH is 2. The molecular weight excluding hydrogens is 568 g/mol. The number of nitrogens with one attached hydrogen (secondary N) is 2. The van der Waals surface area contributed by atoms with E-state index in [1.165, 1.54) is 38.1 Å². The number of rotatable bonds is 16. The van der Waals surface area contributed by atoms with Crippen LogP contribution in [0.2, 0.25) is 0 Å². The van der Waals surface area contributed by atoms with Gasteiger partial charge in [0.15, 0.2) is 0 Å². The molecule has 4 N–H and O–H groups in total. The Morgan fingerprint density at radius 2 is 1.05 bits per heavy atom. The van der Waals surface area contributed by atoms with Crippen molar-refractivity contribution < 1.29 is 57.8 Å². The van der Waals surface area contributed by atoms with Gasteiger partial charge in [0, 0.05) is 23.3 Å². The number of hydrogen-bond donors (Lipinski definition) is 4. The van der Waals surface area contributed by atoms with E-state index in [1.54, 1.807) is 24.3 Å². The van der Waals surface area contributed by atoms with Gasteiger partial charge in [-0.15, -0.1) is 0 Å². The second kappa shape index (κ2) is 17.7. The maximum Gasteiger partial charge on any atom is 0.413 e. The highest BCUT2D eigenvalue weighted by Crippen LogP contribution is 2.21. The van der Waals surface area contributed by atoms with Gasteiger partial charge in [-0.05, 0) is 38.1 Å². The van der Waals surface area contributed by atoms with Gasteiger partial charge in [0.25, 0.3) is 0 Å². The zero-order valence-electron chi connectivity index (χ0n) is 23.7. The van der Waals surface area contributed by atoms with Crippen LogP contribution >= 0.6 is 0 Å². The summed E-state index contributed by atoms with van der Waals surface area (Å²) in [7, 11) is 0. The number of carbonyl (C=O) groups is 4. The summed E-state index contributed by atoms with van der Waals surface area (Å²) < 4.78 is 30.8. The van der Waals surface area contributed by atoms with Crippen LogP contribution in [-0.2, 0) is 19.1 Å². The third kappa shape index (κ3) is 13.9. The van der Waals surface area contributed by atoms with Crippen molar-refractivity contribution in [3.8, 4) is 23.0 Å². The first kappa shape index (κ1) is 34.1. The number of benzene rings is 2. The standard InChI is InChI=1S/C29H34N2O12/c1-18(2)26(34)40-15-20(32)13-38-22-7-5-9-24(11-22)42-28(36)30-17-31-29(37)43-25-10-6-8-23(12-25)39-14-21(33)16-41-27(35)19(3)4/h5-12,20-21,32-33H,1,3,13-17H2,2,4H3,(H,30,36)(H,31,37). The van der Waals surface area contributed by atoms with Crippen molar-refractivity contribution in [2.24, 2.45) is 0 Å². The van der Waals surface area contributed by atoms with Crippen LogP contribution in [0.15, 0.2) is 72.8 Å². The first-order valence-corrected chi connectivity index (χ1v) is 12.8. The lowest BCUT2D eigenvalue weighted by molar-refractivity contribution is -0.143.